The Bertz CT molecular complexity index is 1440. The van der Waals surface area contributed by atoms with Gasteiger partial charge in [-0.3, -0.25) is 9.78 Å². The zero-order chi connectivity index (χ0) is 22.2. The second kappa shape index (κ2) is 8.09. The SMILES string of the molecule is O=c1[nH]c2cccccc-2c1-c1nc2cc(N3CCCN(c4ccncc4)CC3)ccc2[nH]1. The summed E-state index contributed by atoms with van der Waals surface area (Å²) in [6, 6.07) is 20.1. The first-order chi connectivity index (χ1) is 16.3. The van der Waals surface area contributed by atoms with Crippen LogP contribution >= 0.6 is 0 Å². The lowest BCUT2D eigenvalue weighted by Crippen LogP contribution is -2.30. The van der Waals surface area contributed by atoms with Crippen molar-refractivity contribution in [1.29, 1.82) is 0 Å². The van der Waals surface area contributed by atoms with Crippen molar-refractivity contribution in [2.75, 3.05) is 36.0 Å². The van der Waals surface area contributed by atoms with Crippen molar-refractivity contribution in [3.8, 4) is 22.6 Å². The molecule has 0 spiro atoms. The number of benzene rings is 1. The average Bonchev–Trinajstić information content (AvgIpc) is 3.16. The number of hydrogen-bond acceptors (Lipinski definition) is 5. The molecule has 6 rings (SSSR count). The van der Waals surface area contributed by atoms with Gasteiger partial charge < -0.3 is 19.8 Å². The van der Waals surface area contributed by atoms with Gasteiger partial charge in [0.15, 0.2) is 0 Å². The average molecular weight is 437 g/mol. The molecule has 0 unspecified atom stereocenters. The van der Waals surface area contributed by atoms with E-state index in [1.807, 2.05) is 42.7 Å². The van der Waals surface area contributed by atoms with E-state index in [1.54, 1.807) is 0 Å². The summed E-state index contributed by atoms with van der Waals surface area (Å²) in [6.07, 6.45) is 4.78. The highest BCUT2D eigenvalue weighted by molar-refractivity contribution is 5.87. The van der Waals surface area contributed by atoms with Crippen molar-refractivity contribution in [1.82, 2.24) is 19.9 Å². The fourth-order valence-electron chi connectivity index (χ4n) is 4.71. The fourth-order valence-corrected chi connectivity index (χ4v) is 4.71. The number of pyridine rings is 1. The highest BCUT2D eigenvalue weighted by atomic mass is 16.1. The van der Waals surface area contributed by atoms with E-state index in [4.69, 9.17) is 4.98 Å². The molecule has 7 nitrogen and oxygen atoms in total. The summed E-state index contributed by atoms with van der Waals surface area (Å²) >= 11 is 0. The molecule has 0 saturated carbocycles. The molecule has 33 heavy (non-hydrogen) atoms. The van der Waals surface area contributed by atoms with Crippen molar-refractivity contribution in [3.63, 3.8) is 0 Å². The van der Waals surface area contributed by atoms with Gasteiger partial charge in [0.1, 0.15) is 5.82 Å². The van der Waals surface area contributed by atoms with Gasteiger partial charge in [0.2, 0.25) is 0 Å². The number of rotatable bonds is 3. The molecule has 1 fully saturated rings. The van der Waals surface area contributed by atoms with E-state index in [9.17, 15) is 4.79 Å². The highest BCUT2D eigenvalue weighted by Gasteiger charge is 2.20. The monoisotopic (exact) mass is 436 g/mol. The van der Waals surface area contributed by atoms with E-state index >= 15 is 0 Å². The van der Waals surface area contributed by atoms with Crippen molar-refractivity contribution in [3.05, 3.63) is 83.4 Å². The summed E-state index contributed by atoms with van der Waals surface area (Å²) < 4.78 is 0. The van der Waals surface area contributed by atoms with Crippen LogP contribution in [0.2, 0.25) is 0 Å². The maximum Gasteiger partial charge on any atom is 0.260 e. The Morgan fingerprint density at radius 1 is 0.788 bits per heavy atom. The fraction of sp³-hybridized carbons (Fsp3) is 0.192. The molecule has 2 aromatic heterocycles. The predicted octanol–water partition coefficient (Wildman–Crippen LogP) is 4.13. The number of aromatic nitrogens is 4. The molecule has 2 N–H and O–H groups in total. The first-order valence-electron chi connectivity index (χ1n) is 11.3. The molecule has 3 aliphatic rings. The van der Waals surface area contributed by atoms with E-state index in [0.717, 1.165) is 60.6 Å². The number of imidazole rings is 1. The standard InChI is InChI=1S/C26H24N6O/c33-26-24(20-5-2-1-3-6-21(20)30-26)25-28-22-8-7-19(17-23(22)29-25)32-14-4-13-31(15-16-32)18-9-11-27-12-10-18/h1-3,5-12,17H,4,13-16H2,(H,28,29)(H,30,33). The molecule has 0 bridgehead atoms. The Labute approximate surface area is 191 Å². The van der Waals surface area contributed by atoms with Crippen molar-refractivity contribution >= 4 is 22.4 Å². The highest BCUT2D eigenvalue weighted by Crippen LogP contribution is 2.30. The number of fused-ring (bicyclic) bond motifs is 2. The van der Waals surface area contributed by atoms with Gasteiger partial charge in [-0.05, 0) is 42.8 Å². The van der Waals surface area contributed by atoms with Gasteiger partial charge in [-0.2, -0.15) is 0 Å². The molecular formula is C26H24N6O. The Balaban J connectivity index is 1.30. The normalized spacial score (nSPS) is 14.7. The molecule has 1 aromatic carbocycles. The molecule has 0 radical (unpaired) electrons. The van der Waals surface area contributed by atoms with Gasteiger partial charge >= 0.3 is 0 Å². The van der Waals surface area contributed by atoms with Crippen molar-refractivity contribution in [2.24, 2.45) is 0 Å². The molecule has 164 valence electrons. The minimum Gasteiger partial charge on any atom is -0.370 e. The molecule has 1 aliphatic carbocycles. The molecule has 0 amide bonds. The van der Waals surface area contributed by atoms with Crippen LogP contribution in [0.3, 0.4) is 0 Å². The molecule has 1 saturated heterocycles. The molecule has 4 heterocycles. The van der Waals surface area contributed by atoms with Gasteiger partial charge in [-0.1, -0.05) is 24.3 Å². The summed E-state index contributed by atoms with van der Waals surface area (Å²) in [5.41, 5.74) is 6.31. The van der Waals surface area contributed by atoms with Crippen LogP contribution in [0, 0.1) is 0 Å². The van der Waals surface area contributed by atoms with Crippen LogP contribution in [0.15, 0.2) is 77.9 Å². The van der Waals surface area contributed by atoms with Gasteiger partial charge in [-0.15, -0.1) is 0 Å². The maximum atomic E-state index is 12.7. The summed E-state index contributed by atoms with van der Waals surface area (Å²) in [7, 11) is 0. The maximum absolute atomic E-state index is 12.7. The van der Waals surface area contributed by atoms with E-state index in [2.05, 4.69) is 55.1 Å². The second-order valence-corrected chi connectivity index (χ2v) is 8.39. The van der Waals surface area contributed by atoms with E-state index in [0.29, 0.717) is 11.4 Å². The number of H-pyrrole nitrogens is 2. The quantitative estimate of drug-likeness (QED) is 0.444. The molecule has 0 atom stereocenters. The lowest BCUT2D eigenvalue weighted by Gasteiger charge is -2.24. The lowest BCUT2D eigenvalue weighted by atomic mass is 10.1. The predicted molar refractivity (Wildman–Crippen MR) is 132 cm³/mol. The zero-order valence-corrected chi connectivity index (χ0v) is 18.2. The van der Waals surface area contributed by atoms with Crippen LogP contribution in [-0.2, 0) is 0 Å². The van der Waals surface area contributed by atoms with E-state index in [1.165, 1.54) is 5.69 Å². The number of hydrogen-bond donors (Lipinski definition) is 2. The first-order valence-corrected chi connectivity index (χ1v) is 11.3. The topological polar surface area (TPSA) is 80.9 Å². The Kier molecular flexibility index (Phi) is 4.79. The smallest absolute Gasteiger partial charge is 0.260 e. The van der Waals surface area contributed by atoms with Crippen LogP contribution in [-0.4, -0.2) is 46.1 Å². The van der Waals surface area contributed by atoms with Crippen LogP contribution in [0.4, 0.5) is 11.4 Å². The summed E-state index contributed by atoms with van der Waals surface area (Å²) in [5.74, 6) is 0.601. The minimum absolute atomic E-state index is 0.126. The van der Waals surface area contributed by atoms with Gasteiger partial charge in [-0.25, -0.2) is 4.98 Å². The third-order valence-electron chi connectivity index (χ3n) is 6.38. The Morgan fingerprint density at radius 2 is 1.58 bits per heavy atom. The van der Waals surface area contributed by atoms with Crippen LogP contribution in [0.25, 0.3) is 33.7 Å². The number of nitrogens with one attached hydrogen (secondary N) is 2. The second-order valence-electron chi connectivity index (χ2n) is 8.39. The summed E-state index contributed by atoms with van der Waals surface area (Å²) in [5, 5.41) is 0. The molecule has 3 aromatic rings. The van der Waals surface area contributed by atoms with Crippen molar-refractivity contribution in [2.45, 2.75) is 6.42 Å². The summed E-state index contributed by atoms with van der Waals surface area (Å²) in [6.45, 7) is 3.92. The number of aromatic amines is 2. The Morgan fingerprint density at radius 3 is 2.42 bits per heavy atom. The molecule has 2 aliphatic heterocycles. The number of nitrogens with zero attached hydrogens (tertiary/aromatic N) is 4. The zero-order valence-electron chi connectivity index (χ0n) is 18.2. The largest absolute Gasteiger partial charge is 0.370 e. The van der Waals surface area contributed by atoms with Crippen LogP contribution in [0.1, 0.15) is 6.42 Å². The van der Waals surface area contributed by atoms with E-state index in [-0.39, 0.29) is 5.56 Å². The van der Waals surface area contributed by atoms with Gasteiger partial charge in [0, 0.05) is 61.2 Å². The van der Waals surface area contributed by atoms with Crippen LogP contribution < -0.4 is 15.4 Å². The van der Waals surface area contributed by atoms with Gasteiger partial charge in [0.05, 0.1) is 16.6 Å². The lowest BCUT2D eigenvalue weighted by molar-refractivity contribution is 0.806. The molecular weight excluding hydrogens is 412 g/mol. The Hall–Kier alpha value is -4.13. The minimum atomic E-state index is -0.126. The number of anilines is 2. The van der Waals surface area contributed by atoms with E-state index < -0.39 is 0 Å². The molecule has 7 heteroatoms. The third kappa shape index (κ3) is 3.61. The third-order valence-corrected chi connectivity index (χ3v) is 6.38. The van der Waals surface area contributed by atoms with Crippen molar-refractivity contribution < 1.29 is 0 Å². The van der Waals surface area contributed by atoms with Crippen LogP contribution in [0.5, 0.6) is 0 Å². The summed E-state index contributed by atoms with van der Waals surface area (Å²) in [4.78, 5) is 32.8. The van der Waals surface area contributed by atoms with Gasteiger partial charge in [0.25, 0.3) is 5.56 Å². The first kappa shape index (κ1) is 19.5.